The van der Waals surface area contributed by atoms with Crippen molar-refractivity contribution in [2.24, 2.45) is 0 Å². The second-order valence-electron chi connectivity index (χ2n) is 5.04. The molecule has 1 aliphatic rings. The molecule has 21 heavy (non-hydrogen) atoms. The van der Waals surface area contributed by atoms with Gasteiger partial charge in [0.1, 0.15) is 12.4 Å². The SMILES string of the molecule is COCCCOCCOc1ccc(N2CCNCC2)cc1. The number of piperazine rings is 1. The molecule has 0 spiro atoms. The molecule has 5 heteroatoms. The third kappa shape index (κ3) is 5.91. The van der Waals surface area contributed by atoms with E-state index in [4.69, 9.17) is 14.2 Å². The van der Waals surface area contributed by atoms with Crippen molar-refractivity contribution in [2.45, 2.75) is 6.42 Å². The molecule has 1 aromatic rings. The fraction of sp³-hybridized carbons (Fsp3) is 0.625. The van der Waals surface area contributed by atoms with Crippen molar-refractivity contribution in [3.05, 3.63) is 24.3 Å². The van der Waals surface area contributed by atoms with Gasteiger partial charge < -0.3 is 24.4 Å². The van der Waals surface area contributed by atoms with E-state index in [-0.39, 0.29) is 0 Å². The molecule has 0 unspecified atom stereocenters. The van der Waals surface area contributed by atoms with Crippen LogP contribution in [0.2, 0.25) is 0 Å². The molecule has 1 saturated heterocycles. The second-order valence-corrected chi connectivity index (χ2v) is 5.04. The third-order valence-corrected chi connectivity index (χ3v) is 3.45. The van der Waals surface area contributed by atoms with Crippen LogP contribution < -0.4 is 15.0 Å². The third-order valence-electron chi connectivity index (χ3n) is 3.45. The van der Waals surface area contributed by atoms with E-state index in [0.29, 0.717) is 13.2 Å². The Kier molecular flexibility index (Phi) is 7.35. The Morgan fingerprint density at radius 3 is 2.48 bits per heavy atom. The van der Waals surface area contributed by atoms with Crippen LogP contribution in [0.4, 0.5) is 5.69 Å². The molecule has 0 bridgehead atoms. The van der Waals surface area contributed by atoms with Crippen LogP contribution in [0.3, 0.4) is 0 Å². The number of anilines is 1. The highest BCUT2D eigenvalue weighted by Gasteiger charge is 2.09. The maximum Gasteiger partial charge on any atom is 0.119 e. The number of hydrogen-bond donors (Lipinski definition) is 1. The summed E-state index contributed by atoms with van der Waals surface area (Å²) in [7, 11) is 1.70. The van der Waals surface area contributed by atoms with Gasteiger partial charge in [0.15, 0.2) is 0 Å². The van der Waals surface area contributed by atoms with Crippen molar-refractivity contribution >= 4 is 5.69 Å². The van der Waals surface area contributed by atoms with Crippen molar-refractivity contribution in [3.63, 3.8) is 0 Å². The summed E-state index contributed by atoms with van der Waals surface area (Å²) in [5, 5.41) is 3.36. The zero-order valence-electron chi connectivity index (χ0n) is 12.8. The zero-order chi connectivity index (χ0) is 14.8. The number of benzene rings is 1. The van der Waals surface area contributed by atoms with Crippen molar-refractivity contribution in [1.29, 1.82) is 0 Å². The smallest absolute Gasteiger partial charge is 0.119 e. The van der Waals surface area contributed by atoms with E-state index in [2.05, 4.69) is 22.3 Å². The molecule has 1 aliphatic heterocycles. The largest absolute Gasteiger partial charge is 0.491 e. The first-order chi connectivity index (χ1) is 10.4. The standard InChI is InChI=1S/C16H26N2O3/c1-19-11-2-12-20-13-14-21-16-5-3-15(4-6-16)18-9-7-17-8-10-18/h3-6,17H,2,7-14H2,1H3. The van der Waals surface area contributed by atoms with Crippen LogP contribution in [-0.4, -0.2) is 59.7 Å². The Balaban J connectivity index is 1.63. The van der Waals surface area contributed by atoms with E-state index >= 15 is 0 Å². The molecule has 5 nitrogen and oxygen atoms in total. The van der Waals surface area contributed by atoms with Gasteiger partial charge in [-0.3, -0.25) is 0 Å². The van der Waals surface area contributed by atoms with Gasteiger partial charge in [0.05, 0.1) is 6.61 Å². The molecule has 1 N–H and O–H groups in total. The molecular formula is C16H26N2O3. The molecule has 0 radical (unpaired) electrons. The number of rotatable bonds is 9. The van der Waals surface area contributed by atoms with Crippen molar-refractivity contribution < 1.29 is 14.2 Å². The number of nitrogens with zero attached hydrogens (tertiary/aromatic N) is 1. The Labute approximate surface area is 127 Å². The van der Waals surface area contributed by atoms with Crippen molar-refractivity contribution in [2.75, 3.05) is 64.6 Å². The van der Waals surface area contributed by atoms with Crippen LogP contribution in [-0.2, 0) is 9.47 Å². The van der Waals surface area contributed by atoms with Crippen LogP contribution in [0.5, 0.6) is 5.75 Å². The van der Waals surface area contributed by atoms with Crippen LogP contribution in [0.1, 0.15) is 6.42 Å². The van der Waals surface area contributed by atoms with Gasteiger partial charge in [-0.25, -0.2) is 0 Å². The second kappa shape index (κ2) is 9.60. The maximum atomic E-state index is 5.67. The minimum absolute atomic E-state index is 0.583. The van der Waals surface area contributed by atoms with Gasteiger partial charge in [0.2, 0.25) is 0 Å². The van der Waals surface area contributed by atoms with Gasteiger partial charge in [-0.2, -0.15) is 0 Å². The average molecular weight is 294 g/mol. The fourth-order valence-corrected chi connectivity index (χ4v) is 2.30. The van der Waals surface area contributed by atoms with Gasteiger partial charge in [0.25, 0.3) is 0 Å². The van der Waals surface area contributed by atoms with E-state index in [0.717, 1.165) is 51.6 Å². The summed E-state index contributed by atoms with van der Waals surface area (Å²) in [4.78, 5) is 2.39. The lowest BCUT2D eigenvalue weighted by molar-refractivity contribution is 0.0806. The first kappa shape index (κ1) is 16.1. The molecule has 1 fully saturated rings. The predicted octanol–water partition coefficient (Wildman–Crippen LogP) is 1.53. The van der Waals surface area contributed by atoms with Crippen LogP contribution in [0.15, 0.2) is 24.3 Å². The van der Waals surface area contributed by atoms with Crippen LogP contribution in [0, 0.1) is 0 Å². The quantitative estimate of drug-likeness (QED) is 0.700. The lowest BCUT2D eigenvalue weighted by Crippen LogP contribution is -2.43. The van der Waals surface area contributed by atoms with Gasteiger partial charge in [-0.1, -0.05) is 0 Å². The molecule has 0 aromatic heterocycles. The summed E-state index contributed by atoms with van der Waals surface area (Å²) < 4.78 is 16.1. The number of hydrogen-bond acceptors (Lipinski definition) is 5. The highest BCUT2D eigenvalue weighted by Crippen LogP contribution is 2.19. The summed E-state index contributed by atoms with van der Waals surface area (Å²) in [6, 6.07) is 8.31. The number of nitrogens with one attached hydrogen (secondary N) is 1. The molecule has 118 valence electrons. The lowest BCUT2D eigenvalue weighted by atomic mass is 10.2. The van der Waals surface area contributed by atoms with Gasteiger partial charge >= 0.3 is 0 Å². The van der Waals surface area contributed by atoms with Crippen LogP contribution >= 0.6 is 0 Å². The first-order valence-electron chi connectivity index (χ1n) is 7.65. The van der Waals surface area contributed by atoms with E-state index in [1.54, 1.807) is 7.11 Å². The summed E-state index contributed by atoms with van der Waals surface area (Å²) in [5.41, 5.74) is 1.26. The topological polar surface area (TPSA) is 43.0 Å². The Hall–Kier alpha value is -1.30. The maximum absolute atomic E-state index is 5.67. The van der Waals surface area contributed by atoms with E-state index in [9.17, 15) is 0 Å². The molecule has 0 aliphatic carbocycles. The minimum atomic E-state index is 0.583. The van der Waals surface area contributed by atoms with Gasteiger partial charge in [-0.15, -0.1) is 0 Å². The van der Waals surface area contributed by atoms with E-state index in [1.807, 2.05) is 12.1 Å². The molecule has 0 saturated carbocycles. The summed E-state index contributed by atoms with van der Waals surface area (Å²) in [6.07, 6.45) is 0.926. The minimum Gasteiger partial charge on any atom is -0.491 e. The lowest BCUT2D eigenvalue weighted by Gasteiger charge is -2.29. The average Bonchev–Trinajstić information content (AvgIpc) is 2.55. The first-order valence-corrected chi connectivity index (χ1v) is 7.65. The Morgan fingerprint density at radius 1 is 1.00 bits per heavy atom. The molecule has 2 rings (SSSR count). The Bertz CT molecular complexity index is 378. The highest BCUT2D eigenvalue weighted by atomic mass is 16.5. The van der Waals surface area contributed by atoms with E-state index < -0.39 is 0 Å². The summed E-state index contributed by atoms with van der Waals surface area (Å²) in [5.74, 6) is 0.898. The van der Waals surface area contributed by atoms with Crippen LogP contribution in [0.25, 0.3) is 0 Å². The fourth-order valence-electron chi connectivity index (χ4n) is 2.30. The van der Waals surface area contributed by atoms with Gasteiger partial charge in [-0.05, 0) is 30.7 Å². The summed E-state index contributed by atoms with van der Waals surface area (Å²) >= 11 is 0. The zero-order valence-corrected chi connectivity index (χ0v) is 12.8. The highest BCUT2D eigenvalue weighted by molar-refractivity contribution is 5.49. The molecule has 1 aromatic carbocycles. The van der Waals surface area contributed by atoms with Crippen molar-refractivity contribution in [3.8, 4) is 5.75 Å². The number of methoxy groups -OCH3 is 1. The van der Waals surface area contributed by atoms with Crippen molar-refractivity contribution in [1.82, 2.24) is 5.32 Å². The molecular weight excluding hydrogens is 268 g/mol. The normalized spacial score (nSPS) is 15.2. The Morgan fingerprint density at radius 2 is 1.76 bits per heavy atom. The molecule has 1 heterocycles. The number of ether oxygens (including phenoxy) is 3. The van der Waals surface area contributed by atoms with E-state index in [1.165, 1.54) is 5.69 Å². The molecule has 0 amide bonds. The van der Waals surface area contributed by atoms with Gasteiger partial charge in [0, 0.05) is 52.2 Å². The monoisotopic (exact) mass is 294 g/mol. The predicted molar refractivity (Wildman–Crippen MR) is 84.3 cm³/mol. The summed E-state index contributed by atoms with van der Waals surface area (Å²) in [6.45, 7) is 6.90. The molecule has 0 atom stereocenters.